The largest absolute Gasteiger partial charge is 0.391 e. The van der Waals surface area contributed by atoms with Crippen molar-refractivity contribution < 1.29 is 0 Å². The molecular formula is C15H17ClN2S. The van der Waals surface area contributed by atoms with Gasteiger partial charge in [-0.15, -0.1) is 11.3 Å². The highest BCUT2D eigenvalue weighted by molar-refractivity contribution is 7.16. The molecule has 0 bridgehead atoms. The van der Waals surface area contributed by atoms with E-state index in [1.165, 1.54) is 16.0 Å². The summed E-state index contributed by atoms with van der Waals surface area (Å²) in [5.41, 5.74) is 8.53. The molecule has 2 aromatic rings. The number of rotatable bonds is 2. The molecule has 2 N–H and O–H groups in total. The monoisotopic (exact) mass is 292 g/mol. The van der Waals surface area contributed by atoms with Gasteiger partial charge in [-0.05, 0) is 36.1 Å². The minimum atomic E-state index is 0.866. The standard InChI is InChI=1S/C15H17ClN2S/c16-13-4-2-1-3-12(13)10-18-7-5-11-9-15(17)19-14(11)6-8-18/h1-4,9H,5-8,10,17H2. The van der Waals surface area contributed by atoms with Gasteiger partial charge in [0, 0.05) is 29.5 Å². The Morgan fingerprint density at radius 1 is 1.21 bits per heavy atom. The molecule has 2 heterocycles. The van der Waals surface area contributed by atoms with E-state index >= 15 is 0 Å². The van der Waals surface area contributed by atoms with Gasteiger partial charge in [-0.3, -0.25) is 4.90 Å². The van der Waals surface area contributed by atoms with E-state index in [-0.39, 0.29) is 0 Å². The van der Waals surface area contributed by atoms with Gasteiger partial charge in [-0.1, -0.05) is 29.8 Å². The molecule has 0 fully saturated rings. The van der Waals surface area contributed by atoms with E-state index in [0.29, 0.717) is 0 Å². The Morgan fingerprint density at radius 3 is 2.84 bits per heavy atom. The molecular weight excluding hydrogens is 276 g/mol. The van der Waals surface area contributed by atoms with Gasteiger partial charge in [-0.25, -0.2) is 0 Å². The zero-order valence-electron chi connectivity index (χ0n) is 10.7. The predicted octanol–water partition coefficient (Wildman–Crippen LogP) is 3.58. The highest BCUT2D eigenvalue weighted by Gasteiger charge is 2.16. The predicted molar refractivity (Wildman–Crippen MR) is 82.9 cm³/mol. The minimum absolute atomic E-state index is 0.866. The lowest BCUT2D eigenvalue weighted by atomic mass is 10.2. The van der Waals surface area contributed by atoms with Crippen LogP contribution in [0.25, 0.3) is 0 Å². The van der Waals surface area contributed by atoms with Crippen LogP contribution in [-0.4, -0.2) is 18.0 Å². The molecule has 1 aliphatic rings. The summed E-state index contributed by atoms with van der Waals surface area (Å²) in [4.78, 5) is 3.93. The molecule has 0 amide bonds. The quantitative estimate of drug-likeness (QED) is 0.916. The highest BCUT2D eigenvalue weighted by atomic mass is 35.5. The summed E-state index contributed by atoms with van der Waals surface area (Å²) in [5, 5.41) is 1.82. The maximum Gasteiger partial charge on any atom is 0.0862 e. The first-order chi connectivity index (χ1) is 9.22. The van der Waals surface area contributed by atoms with Crippen LogP contribution in [0.3, 0.4) is 0 Å². The van der Waals surface area contributed by atoms with Gasteiger partial charge in [0.15, 0.2) is 0 Å². The Kier molecular flexibility index (Phi) is 3.78. The van der Waals surface area contributed by atoms with Crippen molar-refractivity contribution in [2.75, 3.05) is 18.8 Å². The summed E-state index contributed by atoms with van der Waals surface area (Å²) >= 11 is 7.97. The van der Waals surface area contributed by atoms with Gasteiger partial charge in [0.1, 0.15) is 0 Å². The van der Waals surface area contributed by atoms with Crippen molar-refractivity contribution in [3.63, 3.8) is 0 Å². The van der Waals surface area contributed by atoms with E-state index in [4.69, 9.17) is 17.3 Å². The van der Waals surface area contributed by atoms with E-state index in [2.05, 4.69) is 23.1 Å². The molecule has 0 aliphatic carbocycles. The van der Waals surface area contributed by atoms with Crippen LogP contribution < -0.4 is 5.73 Å². The van der Waals surface area contributed by atoms with Crippen molar-refractivity contribution in [1.29, 1.82) is 0 Å². The van der Waals surface area contributed by atoms with Crippen molar-refractivity contribution >= 4 is 27.9 Å². The topological polar surface area (TPSA) is 29.3 Å². The molecule has 0 spiro atoms. The Morgan fingerprint density at radius 2 is 2.00 bits per heavy atom. The van der Waals surface area contributed by atoms with Crippen LogP contribution in [0.5, 0.6) is 0 Å². The maximum absolute atomic E-state index is 6.23. The number of hydrogen-bond donors (Lipinski definition) is 1. The summed E-state index contributed by atoms with van der Waals surface area (Å²) in [6, 6.07) is 10.2. The van der Waals surface area contributed by atoms with Gasteiger partial charge >= 0.3 is 0 Å². The third-order valence-electron chi connectivity index (χ3n) is 3.62. The molecule has 2 nitrogen and oxygen atoms in total. The average molecular weight is 293 g/mol. The van der Waals surface area contributed by atoms with E-state index in [9.17, 15) is 0 Å². The number of thiophene rings is 1. The molecule has 4 heteroatoms. The van der Waals surface area contributed by atoms with Crippen LogP contribution >= 0.6 is 22.9 Å². The first kappa shape index (κ1) is 13.0. The number of halogens is 1. The van der Waals surface area contributed by atoms with Crippen LogP contribution in [0, 0.1) is 0 Å². The second-order valence-electron chi connectivity index (χ2n) is 4.96. The summed E-state index contributed by atoms with van der Waals surface area (Å²) in [6.07, 6.45) is 2.19. The molecule has 1 aliphatic heterocycles. The Balaban J connectivity index is 1.69. The second kappa shape index (κ2) is 5.53. The Hall–Kier alpha value is -1.03. The van der Waals surface area contributed by atoms with Crippen LogP contribution in [0.15, 0.2) is 30.3 Å². The summed E-state index contributed by atoms with van der Waals surface area (Å²) in [7, 11) is 0. The number of anilines is 1. The Bertz CT molecular complexity index is 554. The van der Waals surface area contributed by atoms with E-state index in [0.717, 1.165) is 42.5 Å². The molecule has 100 valence electrons. The number of nitrogens with two attached hydrogens (primary N) is 1. The van der Waals surface area contributed by atoms with Crippen molar-refractivity contribution in [2.24, 2.45) is 0 Å². The molecule has 1 aromatic carbocycles. The maximum atomic E-state index is 6.23. The van der Waals surface area contributed by atoms with Gasteiger partial charge in [0.25, 0.3) is 0 Å². The molecule has 0 saturated carbocycles. The minimum Gasteiger partial charge on any atom is -0.391 e. The summed E-state index contributed by atoms with van der Waals surface area (Å²) < 4.78 is 0. The van der Waals surface area contributed by atoms with E-state index in [1.54, 1.807) is 11.3 Å². The lowest BCUT2D eigenvalue weighted by molar-refractivity contribution is 0.279. The van der Waals surface area contributed by atoms with E-state index < -0.39 is 0 Å². The number of fused-ring (bicyclic) bond motifs is 1. The van der Waals surface area contributed by atoms with Crippen molar-refractivity contribution in [1.82, 2.24) is 4.90 Å². The SMILES string of the molecule is Nc1cc2c(s1)CCN(Cc1ccccc1Cl)CC2. The third kappa shape index (κ3) is 2.94. The number of benzene rings is 1. The van der Waals surface area contributed by atoms with Gasteiger partial charge in [0.2, 0.25) is 0 Å². The van der Waals surface area contributed by atoms with Crippen LogP contribution in [0.4, 0.5) is 5.00 Å². The fourth-order valence-electron chi connectivity index (χ4n) is 2.59. The van der Waals surface area contributed by atoms with Gasteiger partial charge in [-0.2, -0.15) is 0 Å². The number of hydrogen-bond acceptors (Lipinski definition) is 3. The molecule has 1 aromatic heterocycles. The van der Waals surface area contributed by atoms with Crippen molar-refractivity contribution in [3.05, 3.63) is 51.4 Å². The van der Waals surface area contributed by atoms with Gasteiger partial charge < -0.3 is 5.73 Å². The molecule has 19 heavy (non-hydrogen) atoms. The van der Waals surface area contributed by atoms with Crippen LogP contribution in [0.1, 0.15) is 16.0 Å². The number of nitrogens with zero attached hydrogens (tertiary/aromatic N) is 1. The fraction of sp³-hybridized carbons (Fsp3) is 0.333. The first-order valence-corrected chi connectivity index (χ1v) is 7.74. The average Bonchev–Trinajstić information content (AvgIpc) is 2.66. The van der Waals surface area contributed by atoms with Crippen molar-refractivity contribution in [3.8, 4) is 0 Å². The summed E-state index contributed by atoms with van der Waals surface area (Å²) in [6.45, 7) is 3.09. The zero-order valence-corrected chi connectivity index (χ0v) is 12.3. The number of nitrogen functional groups attached to an aromatic ring is 1. The molecule has 0 radical (unpaired) electrons. The lowest BCUT2D eigenvalue weighted by Gasteiger charge is -2.20. The van der Waals surface area contributed by atoms with Crippen LogP contribution in [0.2, 0.25) is 5.02 Å². The smallest absolute Gasteiger partial charge is 0.0862 e. The van der Waals surface area contributed by atoms with E-state index in [1.807, 2.05) is 12.1 Å². The molecule has 3 rings (SSSR count). The molecule has 0 saturated heterocycles. The summed E-state index contributed by atoms with van der Waals surface area (Å²) in [5.74, 6) is 0. The highest BCUT2D eigenvalue weighted by Crippen LogP contribution is 2.28. The Labute approximate surface area is 122 Å². The molecule has 0 unspecified atom stereocenters. The zero-order chi connectivity index (χ0) is 13.2. The normalized spacial score (nSPS) is 16.1. The first-order valence-electron chi connectivity index (χ1n) is 6.55. The van der Waals surface area contributed by atoms with Crippen LogP contribution in [-0.2, 0) is 19.4 Å². The van der Waals surface area contributed by atoms with Gasteiger partial charge in [0.05, 0.1) is 5.00 Å². The molecule has 0 atom stereocenters. The lowest BCUT2D eigenvalue weighted by Crippen LogP contribution is -2.26. The second-order valence-corrected chi connectivity index (χ2v) is 6.54. The third-order valence-corrected chi connectivity index (χ3v) is 5.05. The van der Waals surface area contributed by atoms with Crippen molar-refractivity contribution in [2.45, 2.75) is 19.4 Å². The fourth-order valence-corrected chi connectivity index (χ4v) is 3.75.